The van der Waals surface area contributed by atoms with Gasteiger partial charge in [0.25, 0.3) is 0 Å². The number of likely N-dealkylation sites (tertiary alicyclic amines) is 1. The quantitative estimate of drug-likeness (QED) is 0.792. The average molecular weight is 236 g/mol. The summed E-state index contributed by atoms with van der Waals surface area (Å²) >= 11 is 0. The minimum atomic E-state index is -0.869. The molecule has 0 radical (unpaired) electrons. The number of aromatic nitrogens is 1. The lowest BCUT2D eigenvalue weighted by atomic mass is 10.1. The molecule has 17 heavy (non-hydrogen) atoms. The van der Waals surface area contributed by atoms with E-state index in [1.807, 2.05) is 24.9 Å². The SMILES string of the molecule is Cc1ccc(N)nc1N(C)C1CN(C(=O)O)C1. The van der Waals surface area contributed by atoms with E-state index in [1.54, 1.807) is 6.07 Å². The average Bonchev–Trinajstić information content (AvgIpc) is 2.18. The van der Waals surface area contributed by atoms with Crippen LogP contribution < -0.4 is 10.6 Å². The van der Waals surface area contributed by atoms with Gasteiger partial charge in [0.2, 0.25) is 0 Å². The maximum absolute atomic E-state index is 10.7. The Morgan fingerprint density at radius 1 is 1.59 bits per heavy atom. The predicted molar refractivity (Wildman–Crippen MR) is 65.2 cm³/mol. The summed E-state index contributed by atoms with van der Waals surface area (Å²) in [6.07, 6.45) is -0.869. The number of pyridine rings is 1. The zero-order chi connectivity index (χ0) is 12.6. The Hall–Kier alpha value is -1.98. The van der Waals surface area contributed by atoms with Crippen LogP contribution in [-0.2, 0) is 0 Å². The van der Waals surface area contributed by atoms with Gasteiger partial charge >= 0.3 is 6.09 Å². The number of carbonyl (C=O) groups is 1. The summed E-state index contributed by atoms with van der Waals surface area (Å²) in [5.41, 5.74) is 6.70. The number of anilines is 2. The molecule has 1 saturated heterocycles. The van der Waals surface area contributed by atoms with E-state index in [4.69, 9.17) is 10.8 Å². The van der Waals surface area contributed by atoms with Gasteiger partial charge in [-0.1, -0.05) is 6.07 Å². The van der Waals surface area contributed by atoms with Crippen molar-refractivity contribution in [1.29, 1.82) is 0 Å². The van der Waals surface area contributed by atoms with Crippen molar-refractivity contribution in [2.45, 2.75) is 13.0 Å². The van der Waals surface area contributed by atoms with Crippen LogP contribution in [0.3, 0.4) is 0 Å². The summed E-state index contributed by atoms with van der Waals surface area (Å²) in [5.74, 6) is 1.30. The van der Waals surface area contributed by atoms with Gasteiger partial charge in [-0.15, -0.1) is 0 Å². The Morgan fingerprint density at radius 3 is 2.82 bits per heavy atom. The van der Waals surface area contributed by atoms with E-state index in [2.05, 4.69) is 4.98 Å². The van der Waals surface area contributed by atoms with Crippen LogP contribution in [-0.4, -0.2) is 47.3 Å². The number of carboxylic acid groups (broad SMARTS) is 1. The Bertz CT molecular complexity index is 443. The summed E-state index contributed by atoms with van der Waals surface area (Å²) in [4.78, 5) is 18.3. The van der Waals surface area contributed by atoms with Crippen LogP contribution in [0.4, 0.5) is 16.4 Å². The first kappa shape index (κ1) is 11.5. The van der Waals surface area contributed by atoms with E-state index in [1.165, 1.54) is 4.90 Å². The molecule has 2 rings (SSSR count). The van der Waals surface area contributed by atoms with Gasteiger partial charge in [-0.2, -0.15) is 0 Å². The van der Waals surface area contributed by atoms with Gasteiger partial charge in [0.1, 0.15) is 11.6 Å². The van der Waals surface area contributed by atoms with Crippen LogP contribution in [0.15, 0.2) is 12.1 Å². The Labute approximate surface area is 99.7 Å². The van der Waals surface area contributed by atoms with Crippen LogP contribution in [0.2, 0.25) is 0 Å². The third-order valence-corrected chi connectivity index (χ3v) is 3.11. The highest BCUT2D eigenvalue weighted by Crippen LogP contribution is 2.23. The predicted octanol–water partition coefficient (Wildman–Crippen LogP) is 0.771. The van der Waals surface area contributed by atoms with Crippen LogP contribution in [0.1, 0.15) is 5.56 Å². The third-order valence-electron chi connectivity index (χ3n) is 3.11. The molecule has 0 aromatic carbocycles. The van der Waals surface area contributed by atoms with Crippen molar-refractivity contribution in [2.75, 3.05) is 30.8 Å². The second-order valence-electron chi connectivity index (χ2n) is 4.33. The molecule has 6 heteroatoms. The summed E-state index contributed by atoms with van der Waals surface area (Å²) < 4.78 is 0. The number of aryl methyl sites for hydroxylation is 1. The van der Waals surface area contributed by atoms with E-state index < -0.39 is 6.09 Å². The number of rotatable bonds is 2. The van der Waals surface area contributed by atoms with Gasteiger partial charge in [-0.25, -0.2) is 9.78 Å². The maximum Gasteiger partial charge on any atom is 0.407 e. The summed E-state index contributed by atoms with van der Waals surface area (Å²) in [7, 11) is 1.92. The van der Waals surface area contributed by atoms with Crippen molar-refractivity contribution < 1.29 is 9.90 Å². The molecule has 1 aliphatic heterocycles. The van der Waals surface area contributed by atoms with Crippen LogP contribution in [0.5, 0.6) is 0 Å². The molecule has 0 unspecified atom stereocenters. The van der Waals surface area contributed by atoms with Gasteiger partial charge < -0.3 is 20.6 Å². The summed E-state index contributed by atoms with van der Waals surface area (Å²) in [6, 6.07) is 3.86. The van der Waals surface area contributed by atoms with Gasteiger partial charge in [-0.3, -0.25) is 0 Å². The van der Waals surface area contributed by atoms with E-state index in [9.17, 15) is 4.79 Å². The number of nitrogens with two attached hydrogens (primary N) is 1. The standard InChI is InChI=1S/C11H16N4O2/c1-7-3-4-9(12)13-10(7)14(2)8-5-15(6-8)11(16)17/h3-4,8H,5-6H2,1-2H3,(H2,12,13)(H,16,17). The molecule has 2 heterocycles. The molecule has 1 aromatic rings. The highest BCUT2D eigenvalue weighted by Gasteiger charge is 2.34. The molecule has 0 atom stereocenters. The minimum absolute atomic E-state index is 0.180. The Kier molecular flexibility index (Phi) is 2.79. The minimum Gasteiger partial charge on any atom is -0.465 e. The topological polar surface area (TPSA) is 82.7 Å². The molecule has 0 spiro atoms. The zero-order valence-electron chi connectivity index (χ0n) is 9.92. The molecule has 1 fully saturated rings. The molecule has 3 N–H and O–H groups in total. The first-order valence-corrected chi connectivity index (χ1v) is 5.43. The number of likely N-dealkylation sites (N-methyl/N-ethyl adjacent to an activating group) is 1. The molecular formula is C11H16N4O2. The van der Waals surface area contributed by atoms with Crippen LogP contribution in [0, 0.1) is 6.92 Å². The molecule has 1 amide bonds. The number of nitrogens with zero attached hydrogens (tertiary/aromatic N) is 3. The number of hydrogen-bond donors (Lipinski definition) is 2. The number of nitrogen functional groups attached to an aromatic ring is 1. The van der Waals surface area contributed by atoms with E-state index in [0.29, 0.717) is 18.9 Å². The highest BCUT2D eigenvalue weighted by molar-refractivity contribution is 5.67. The lowest BCUT2D eigenvalue weighted by Gasteiger charge is -2.43. The molecule has 0 aliphatic carbocycles. The number of hydrogen-bond acceptors (Lipinski definition) is 4. The molecule has 1 aliphatic rings. The van der Waals surface area contributed by atoms with Gasteiger partial charge in [0, 0.05) is 20.1 Å². The number of amides is 1. The highest BCUT2D eigenvalue weighted by atomic mass is 16.4. The molecule has 6 nitrogen and oxygen atoms in total. The van der Waals surface area contributed by atoms with Crippen molar-refractivity contribution in [3.8, 4) is 0 Å². The first-order valence-electron chi connectivity index (χ1n) is 5.43. The van der Waals surface area contributed by atoms with Gasteiger partial charge in [0.05, 0.1) is 6.04 Å². The van der Waals surface area contributed by atoms with Crippen molar-refractivity contribution in [2.24, 2.45) is 0 Å². The van der Waals surface area contributed by atoms with Gasteiger partial charge in [0.15, 0.2) is 0 Å². The van der Waals surface area contributed by atoms with E-state index >= 15 is 0 Å². The first-order chi connectivity index (χ1) is 7.99. The second-order valence-corrected chi connectivity index (χ2v) is 4.33. The monoisotopic (exact) mass is 236 g/mol. The normalized spacial score (nSPS) is 15.5. The smallest absolute Gasteiger partial charge is 0.407 e. The lowest BCUT2D eigenvalue weighted by Crippen LogP contribution is -2.60. The molecule has 1 aromatic heterocycles. The molecule has 0 bridgehead atoms. The largest absolute Gasteiger partial charge is 0.465 e. The van der Waals surface area contributed by atoms with Crippen LogP contribution >= 0.6 is 0 Å². The fourth-order valence-electron chi connectivity index (χ4n) is 1.92. The van der Waals surface area contributed by atoms with E-state index in [0.717, 1.165) is 11.4 Å². The fraction of sp³-hybridized carbons (Fsp3) is 0.455. The Morgan fingerprint density at radius 2 is 2.24 bits per heavy atom. The summed E-state index contributed by atoms with van der Waals surface area (Å²) in [5, 5.41) is 8.77. The molecule has 92 valence electrons. The van der Waals surface area contributed by atoms with E-state index in [-0.39, 0.29) is 6.04 Å². The van der Waals surface area contributed by atoms with Crippen molar-refractivity contribution in [3.05, 3.63) is 17.7 Å². The molecular weight excluding hydrogens is 220 g/mol. The van der Waals surface area contributed by atoms with Crippen molar-refractivity contribution in [3.63, 3.8) is 0 Å². The maximum atomic E-state index is 10.7. The van der Waals surface area contributed by atoms with Crippen molar-refractivity contribution in [1.82, 2.24) is 9.88 Å². The fourth-order valence-corrected chi connectivity index (χ4v) is 1.92. The Balaban J connectivity index is 2.08. The summed E-state index contributed by atoms with van der Waals surface area (Å²) in [6.45, 7) is 3.00. The van der Waals surface area contributed by atoms with Crippen molar-refractivity contribution >= 4 is 17.7 Å². The second kappa shape index (κ2) is 4.12. The third kappa shape index (κ3) is 2.11. The lowest BCUT2D eigenvalue weighted by molar-refractivity contribution is 0.105. The van der Waals surface area contributed by atoms with Gasteiger partial charge in [-0.05, 0) is 18.6 Å². The molecule has 0 saturated carbocycles. The zero-order valence-corrected chi connectivity index (χ0v) is 9.92. The van der Waals surface area contributed by atoms with Crippen LogP contribution in [0.25, 0.3) is 0 Å².